The van der Waals surface area contributed by atoms with Gasteiger partial charge in [-0.2, -0.15) is 4.21 Å². The monoisotopic (exact) mass is 331 g/mol. The Kier molecular flexibility index (Phi) is 4.75. The van der Waals surface area contributed by atoms with Gasteiger partial charge in [-0.1, -0.05) is 35.3 Å². The van der Waals surface area contributed by atoms with Crippen molar-refractivity contribution in [3.8, 4) is 11.5 Å². The zero-order chi connectivity index (χ0) is 14.7. The lowest BCUT2D eigenvalue weighted by Crippen LogP contribution is -2.11. The van der Waals surface area contributed by atoms with Gasteiger partial charge in [0.15, 0.2) is 5.75 Å². The Morgan fingerprint density at radius 1 is 1.20 bits per heavy atom. The second kappa shape index (κ2) is 6.35. The van der Waals surface area contributed by atoms with Crippen molar-refractivity contribution in [1.82, 2.24) is 0 Å². The van der Waals surface area contributed by atoms with E-state index >= 15 is 0 Å². The van der Waals surface area contributed by atoms with Crippen molar-refractivity contribution in [3.05, 3.63) is 52.0 Å². The smallest absolute Gasteiger partial charge is 0.316 e. The number of phenolic OH excluding ortho intramolecular Hbond substituents is 1. The van der Waals surface area contributed by atoms with Crippen LogP contribution >= 0.6 is 23.2 Å². The molecule has 0 heterocycles. The number of aromatic hydroxyl groups is 1. The normalized spacial score (nSPS) is 11.9. The molecule has 20 heavy (non-hydrogen) atoms. The molecule has 2 rings (SSSR count). The van der Waals surface area contributed by atoms with Gasteiger partial charge < -0.3 is 9.29 Å². The molecule has 0 amide bonds. The number of benzene rings is 2. The Morgan fingerprint density at radius 3 is 2.45 bits per heavy atom. The molecule has 0 fully saturated rings. The quantitative estimate of drug-likeness (QED) is 0.830. The van der Waals surface area contributed by atoms with Crippen molar-refractivity contribution >= 4 is 40.2 Å². The van der Waals surface area contributed by atoms with Crippen LogP contribution in [-0.2, 0) is 11.3 Å². The summed E-state index contributed by atoms with van der Waals surface area (Å²) in [6.07, 6.45) is 0. The Bertz CT molecular complexity index is 641. The second-order valence-corrected chi connectivity index (χ2v) is 5.68. The molecule has 2 aromatic carbocycles. The van der Waals surface area contributed by atoms with E-state index in [9.17, 15) is 9.32 Å². The van der Waals surface area contributed by atoms with E-state index in [1.807, 2.05) is 13.0 Å². The van der Waals surface area contributed by atoms with Crippen molar-refractivity contribution < 1.29 is 13.5 Å². The molecule has 1 atom stereocenters. The van der Waals surface area contributed by atoms with Crippen LogP contribution in [0.1, 0.15) is 5.56 Å². The van der Waals surface area contributed by atoms with Crippen LogP contribution in [0.2, 0.25) is 10.0 Å². The first-order valence-corrected chi connectivity index (χ1v) is 7.40. The molecular weight excluding hydrogens is 321 g/mol. The van der Waals surface area contributed by atoms with E-state index < -0.39 is 11.3 Å². The number of halogens is 2. The SMILES string of the molecule is Cc1cccc(OS(=O)Nc2cc(Cl)c(O)c(Cl)c2)c1. The van der Waals surface area contributed by atoms with Crippen LogP contribution < -0.4 is 8.91 Å². The minimum Gasteiger partial charge on any atom is -0.505 e. The summed E-state index contributed by atoms with van der Waals surface area (Å²) in [4.78, 5) is 0. The highest BCUT2D eigenvalue weighted by Gasteiger charge is 2.09. The van der Waals surface area contributed by atoms with Gasteiger partial charge in [-0.05, 0) is 36.8 Å². The van der Waals surface area contributed by atoms with E-state index in [1.165, 1.54) is 12.1 Å². The molecule has 0 saturated heterocycles. The summed E-state index contributed by atoms with van der Waals surface area (Å²) >= 11 is 9.74. The topological polar surface area (TPSA) is 58.6 Å². The largest absolute Gasteiger partial charge is 0.505 e. The zero-order valence-corrected chi connectivity index (χ0v) is 12.7. The minimum absolute atomic E-state index is 0.0626. The molecular formula is C13H11Cl2NO3S. The average Bonchev–Trinajstić information content (AvgIpc) is 2.35. The van der Waals surface area contributed by atoms with E-state index in [0.29, 0.717) is 11.4 Å². The first kappa shape index (κ1) is 15.0. The average molecular weight is 332 g/mol. The molecule has 2 N–H and O–H groups in total. The first-order chi connectivity index (χ1) is 9.45. The van der Waals surface area contributed by atoms with Crippen LogP contribution in [0.4, 0.5) is 5.69 Å². The maximum absolute atomic E-state index is 11.8. The number of hydrogen-bond donors (Lipinski definition) is 2. The summed E-state index contributed by atoms with van der Waals surface area (Å²) in [7, 11) is 0. The number of hydrogen-bond acceptors (Lipinski definition) is 3. The molecule has 0 aliphatic heterocycles. The van der Waals surface area contributed by atoms with Gasteiger partial charge in [0.05, 0.1) is 15.7 Å². The fourth-order valence-electron chi connectivity index (χ4n) is 1.50. The molecule has 0 bridgehead atoms. The Balaban J connectivity index is 2.09. The fraction of sp³-hybridized carbons (Fsp3) is 0.0769. The lowest BCUT2D eigenvalue weighted by Gasteiger charge is -2.09. The fourth-order valence-corrected chi connectivity index (χ4v) is 2.61. The number of nitrogens with one attached hydrogen (secondary N) is 1. The van der Waals surface area contributed by atoms with Crippen LogP contribution in [0.3, 0.4) is 0 Å². The third-order valence-corrected chi connectivity index (χ3v) is 3.70. The number of anilines is 1. The van der Waals surface area contributed by atoms with Crippen LogP contribution in [0, 0.1) is 6.92 Å². The van der Waals surface area contributed by atoms with E-state index in [4.69, 9.17) is 27.4 Å². The molecule has 7 heteroatoms. The van der Waals surface area contributed by atoms with Crippen LogP contribution in [-0.4, -0.2) is 9.32 Å². The highest BCUT2D eigenvalue weighted by atomic mass is 35.5. The van der Waals surface area contributed by atoms with Crippen LogP contribution in [0.15, 0.2) is 36.4 Å². The molecule has 0 spiro atoms. The molecule has 0 aliphatic rings. The van der Waals surface area contributed by atoms with Gasteiger partial charge in [-0.15, -0.1) is 0 Å². The first-order valence-electron chi connectivity index (χ1n) is 5.57. The summed E-state index contributed by atoms with van der Waals surface area (Å²) in [5.74, 6) is 0.260. The van der Waals surface area contributed by atoms with Crippen LogP contribution in [0.5, 0.6) is 11.5 Å². The van der Waals surface area contributed by atoms with Crippen molar-refractivity contribution in [2.24, 2.45) is 0 Å². The summed E-state index contributed by atoms with van der Waals surface area (Å²) in [5.41, 5.74) is 1.37. The predicted molar refractivity (Wildman–Crippen MR) is 81.7 cm³/mol. The number of phenols is 1. The summed E-state index contributed by atoms with van der Waals surface area (Å²) in [6.45, 7) is 1.91. The van der Waals surface area contributed by atoms with Crippen molar-refractivity contribution in [2.45, 2.75) is 6.92 Å². The van der Waals surface area contributed by atoms with E-state index in [2.05, 4.69) is 4.72 Å². The zero-order valence-electron chi connectivity index (χ0n) is 10.4. The molecule has 0 aromatic heterocycles. The van der Waals surface area contributed by atoms with E-state index in [0.717, 1.165) is 5.56 Å². The molecule has 106 valence electrons. The second-order valence-electron chi connectivity index (χ2n) is 4.03. The van der Waals surface area contributed by atoms with Crippen molar-refractivity contribution in [3.63, 3.8) is 0 Å². The van der Waals surface area contributed by atoms with Gasteiger partial charge in [0.25, 0.3) is 0 Å². The maximum atomic E-state index is 11.8. The summed E-state index contributed by atoms with van der Waals surface area (Å²) in [5, 5.41) is 9.56. The summed E-state index contributed by atoms with van der Waals surface area (Å²) < 4.78 is 19.6. The number of rotatable bonds is 4. The Morgan fingerprint density at radius 2 is 1.85 bits per heavy atom. The Labute approximate surface area is 129 Å². The molecule has 0 radical (unpaired) electrons. The van der Waals surface area contributed by atoms with Crippen LogP contribution in [0.25, 0.3) is 0 Å². The molecule has 0 aliphatic carbocycles. The van der Waals surface area contributed by atoms with Gasteiger partial charge in [-0.3, -0.25) is 4.72 Å². The van der Waals surface area contributed by atoms with E-state index in [1.54, 1.807) is 18.2 Å². The van der Waals surface area contributed by atoms with Gasteiger partial charge in [0, 0.05) is 0 Å². The van der Waals surface area contributed by atoms with Gasteiger partial charge >= 0.3 is 11.3 Å². The highest BCUT2D eigenvalue weighted by molar-refractivity contribution is 7.81. The van der Waals surface area contributed by atoms with Crippen molar-refractivity contribution in [2.75, 3.05) is 4.72 Å². The minimum atomic E-state index is -1.80. The summed E-state index contributed by atoms with van der Waals surface area (Å²) in [6, 6.07) is 9.97. The predicted octanol–water partition coefficient (Wildman–Crippen LogP) is 4.08. The highest BCUT2D eigenvalue weighted by Crippen LogP contribution is 2.34. The molecule has 2 aromatic rings. The van der Waals surface area contributed by atoms with Gasteiger partial charge in [0.1, 0.15) is 5.75 Å². The molecule has 0 saturated carbocycles. The number of aryl methyl sites for hydroxylation is 1. The molecule has 1 unspecified atom stereocenters. The van der Waals surface area contributed by atoms with Gasteiger partial charge in [0.2, 0.25) is 0 Å². The van der Waals surface area contributed by atoms with Crippen molar-refractivity contribution in [1.29, 1.82) is 0 Å². The lowest BCUT2D eigenvalue weighted by atomic mass is 10.2. The third kappa shape index (κ3) is 3.79. The third-order valence-electron chi connectivity index (χ3n) is 2.38. The molecule has 4 nitrogen and oxygen atoms in total. The standard InChI is InChI=1S/C13H11Cl2NO3S/c1-8-3-2-4-10(5-8)19-20(18)16-9-6-11(14)13(17)12(15)7-9/h2-7,16-17H,1H3. The maximum Gasteiger partial charge on any atom is 0.316 e. The Hall–Kier alpha value is -1.43. The van der Waals surface area contributed by atoms with E-state index in [-0.39, 0.29) is 15.8 Å². The van der Waals surface area contributed by atoms with Gasteiger partial charge in [-0.25, -0.2) is 0 Å². The lowest BCUT2D eigenvalue weighted by molar-refractivity contribution is 0.476.